The van der Waals surface area contributed by atoms with Crippen molar-refractivity contribution in [3.8, 4) is 11.5 Å². The summed E-state index contributed by atoms with van der Waals surface area (Å²) >= 11 is 0. The van der Waals surface area contributed by atoms with Crippen molar-refractivity contribution >= 4 is 5.96 Å². The van der Waals surface area contributed by atoms with E-state index in [9.17, 15) is 5.11 Å². The van der Waals surface area contributed by atoms with Crippen LogP contribution in [0.25, 0.3) is 0 Å². The number of nitrogens with one attached hydrogen (secondary N) is 2. The largest absolute Gasteiger partial charge is 0.504 e. The Kier molecular flexibility index (Phi) is 7.37. The van der Waals surface area contributed by atoms with Gasteiger partial charge in [-0.1, -0.05) is 12.1 Å². The maximum Gasteiger partial charge on any atom is 0.191 e. The number of piperidine rings is 1. The highest BCUT2D eigenvalue weighted by Crippen LogP contribution is 2.29. The van der Waals surface area contributed by atoms with Crippen LogP contribution in [-0.4, -0.2) is 54.8 Å². The summed E-state index contributed by atoms with van der Waals surface area (Å²) in [6, 6.07) is 6.52. The van der Waals surface area contributed by atoms with Gasteiger partial charge in [-0.15, -0.1) is 0 Å². The van der Waals surface area contributed by atoms with Gasteiger partial charge >= 0.3 is 0 Å². The van der Waals surface area contributed by atoms with Crippen LogP contribution in [0.3, 0.4) is 0 Å². The standard InChI is InChI=1S/C19H32N4O2/c1-5-20-19(22-16-9-11-23(12-10-16)14(2)3)21-13-15-7-6-8-17(25-4)18(15)24/h6-8,14,16,24H,5,9-13H2,1-4H3,(H2,20,21,22). The van der Waals surface area contributed by atoms with Gasteiger partial charge in [-0.3, -0.25) is 0 Å². The van der Waals surface area contributed by atoms with Crippen LogP contribution < -0.4 is 15.4 Å². The zero-order valence-corrected chi connectivity index (χ0v) is 15.9. The Bertz CT molecular complexity index is 567. The number of phenols is 1. The lowest BCUT2D eigenvalue weighted by molar-refractivity contribution is 0.167. The average molecular weight is 348 g/mol. The van der Waals surface area contributed by atoms with E-state index in [1.807, 2.05) is 12.1 Å². The molecule has 1 saturated heterocycles. The molecule has 0 bridgehead atoms. The SMILES string of the molecule is CCNC(=NCc1cccc(OC)c1O)NC1CCN(C(C)C)CC1. The summed E-state index contributed by atoms with van der Waals surface area (Å²) in [7, 11) is 1.55. The number of aromatic hydroxyl groups is 1. The van der Waals surface area contributed by atoms with Crippen molar-refractivity contribution in [1.82, 2.24) is 15.5 Å². The van der Waals surface area contributed by atoms with E-state index < -0.39 is 0 Å². The van der Waals surface area contributed by atoms with E-state index >= 15 is 0 Å². The fourth-order valence-electron chi connectivity index (χ4n) is 3.10. The number of rotatable bonds is 6. The third-order valence-corrected chi connectivity index (χ3v) is 4.65. The Morgan fingerprint density at radius 1 is 1.36 bits per heavy atom. The number of hydrogen-bond donors (Lipinski definition) is 3. The monoisotopic (exact) mass is 348 g/mol. The maximum absolute atomic E-state index is 10.2. The Hall–Kier alpha value is -1.95. The molecule has 0 saturated carbocycles. The normalized spacial score (nSPS) is 16.9. The molecule has 0 aromatic heterocycles. The van der Waals surface area contributed by atoms with Crippen molar-refractivity contribution in [2.24, 2.45) is 4.99 Å². The van der Waals surface area contributed by atoms with Crippen LogP contribution >= 0.6 is 0 Å². The highest BCUT2D eigenvalue weighted by Gasteiger charge is 2.21. The quantitative estimate of drug-likeness (QED) is 0.544. The number of nitrogens with zero attached hydrogens (tertiary/aromatic N) is 2. The molecule has 1 heterocycles. The number of methoxy groups -OCH3 is 1. The number of aliphatic imine (C=N–C) groups is 1. The van der Waals surface area contributed by atoms with Gasteiger partial charge in [0.05, 0.1) is 13.7 Å². The average Bonchev–Trinajstić information content (AvgIpc) is 2.61. The van der Waals surface area contributed by atoms with E-state index in [1.54, 1.807) is 13.2 Å². The van der Waals surface area contributed by atoms with Gasteiger partial charge in [0, 0.05) is 37.3 Å². The van der Waals surface area contributed by atoms with Gasteiger partial charge in [-0.2, -0.15) is 0 Å². The van der Waals surface area contributed by atoms with Gasteiger partial charge in [-0.25, -0.2) is 4.99 Å². The van der Waals surface area contributed by atoms with Gasteiger partial charge in [-0.05, 0) is 39.7 Å². The summed E-state index contributed by atoms with van der Waals surface area (Å²) in [5, 5.41) is 17.0. The molecule has 0 unspecified atom stereocenters. The minimum Gasteiger partial charge on any atom is -0.504 e. The van der Waals surface area contributed by atoms with Crippen LogP contribution in [-0.2, 0) is 6.54 Å². The van der Waals surface area contributed by atoms with E-state index in [-0.39, 0.29) is 5.75 Å². The summed E-state index contributed by atoms with van der Waals surface area (Å²) in [5.74, 6) is 1.44. The molecule has 1 aliphatic heterocycles. The van der Waals surface area contributed by atoms with Crippen LogP contribution in [0.5, 0.6) is 11.5 Å². The lowest BCUT2D eigenvalue weighted by Crippen LogP contribution is -2.49. The summed E-state index contributed by atoms with van der Waals surface area (Å²) in [4.78, 5) is 7.14. The Morgan fingerprint density at radius 3 is 2.68 bits per heavy atom. The summed E-state index contributed by atoms with van der Waals surface area (Å²) in [6.45, 7) is 10.0. The first-order valence-corrected chi connectivity index (χ1v) is 9.18. The Labute approximate surface area is 151 Å². The molecule has 0 radical (unpaired) electrons. The zero-order valence-electron chi connectivity index (χ0n) is 15.9. The maximum atomic E-state index is 10.2. The van der Waals surface area contributed by atoms with Crippen molar-refractivity contribution < 1.29 is 9.84 Å². The molecule has 3 N–H and O–H groups in total. The minimum atomic E-state index is 0.162. The van der Waals surface area contributed by atoms with Crippen LogP contribution in [0.1, 0.15) is 39.2 Å². The Morgan fingerprint density at radius 2 is 2.08 bits per heavy atom. The van der Waals surface area contributed by atoms with Crippen LogP contribution in [0.15, 0.2) is 23.2 Å². The van der Waals surface area contributed by atoms with E-state index in [4.69, 9.17) is 4.74 Å². The number of para-hydroxylation sites is 1. The lowest BCUT2D eigenvalue weighted by atomic mass is 10.0. The number of guanidine groups is 1. The highest BCUT2D eigenvalue weighted by molar-refractivity contribution is 5.80. The lowest BCUT2D eigenvalue weighted by Gasteiger charge is -2.35. The van der Waals surface area contributed by atoms with Crippen LogP contribution in [0.2, 0.25) is 0 Å². The van der Waals surface area contributed by atoms with Gasteiger partial charge < -0.3 is 25.4 Å². The summed E-state index contributed by atoms with van der Waals surface area (Å²) < 4.78 is 5.16. The second kappa shape index (κ2) is 9.51. The topological polar surface area (TPSA) is 69.1 Å². The fraction of sp³-hybridized carbons (Fsp3) is 0.632. The molecule has 0 atom stereocenters. The summed E-state index contributed by atoms with van der Waals surface area (Å²) in [6.07, 6.45) is 2.24. The van der Waals surface area contributed by atoms with Gasteiger partial charge in [0.15, 0.2) is 17.5 Å². The van der Waals surface area contributed by atoms with Crippen LogP contribution in [0.4, 0.5) is 0 Å². The molecule has 6 heteroatoms. The molecule has 1 aromatic rings. The molecule has 0 spiro atoms. The number of ether oxygens (including phenoxy) is 1. The molecule has 1 aromatic carbocycles. The first-order chi connectivity index (χ1) is 12.0. The van der Waals surface area contributed by atoms with Crippen LogP contribution in [0, 0.1) is 0 Å². The van der Waals surface area contributed by atoms with Gasteiger partial charge in [0.1, 0.15) is 0 Å². The second-order valence-electron chi connectivity index (χ2n) is 6.71. The van der Waals surface area contributed by atoms with Crippen molar-refractivity contribution in [3.05, 3.63) is 23.8 Å². The minimum absolute atomic E-state index is 0.162. The van der Waals surface area contributed by atoms with Crippen molar-refractivity contribution in [2.45, 2.75) is 52.2 Å². The highest BCUT2D eigenvalue weighted by atomic mass is 16.5. The number of phenolic OH excluding ortho intramolecular Hbond substituents is 1. The molecule has 1 fully saturated rings. The predicted octanol–water partition coefficient (Wildman–Crippen LogP) is 2.33. The van der Waals surface area contributed by atoms with Crippen molar-refractivity contribution in [1.29, 1.82) is 0 Å². The Balaban J connectivity index is 1.97. The fourth-order valence-corrected chi connectivity index (χ4v) is 3.10. The molecule has 1 aliphatic rings. The van der Waals surface area contributed by atoms with E-state index in [1.165, 1.54) is 0 Å². The molecule has 0 aliphatic carbocycles. The predicted molar refractivity (Wildman–Crippen MR) is 102 cm³/mol. The van der Waals surface area contributed by atoms with Gasteiger partial charge in [0.2, 0.25) is 0 Å². The number of benzene rings is 1. The summed E-state index contributed by atoms with van der Waals surface area (Å²) in [5.41, 5.74) is 0.756. The number of likely N-dealkylation sites (tertiary alicyclic amines) is 1. The molecule has 25 heavy (non-hydrogen) atoms. The molecule has 2 rings (SSSR count). The first kappa shape index (κ1) is 19.4. The van der Waals surface area contributed by atoms with E-state index in [0.717, 1.165) is 44.0 Å². The first-order valence-electron chi connectivity index (χ1n) is 9.18. The molecular formula is C19H32N4O2. The zero-order chi connectivity index (χ0) is 18.2. The molecule has 140 valence electrons. The van der Waals surface area contributed by atoms with Gasteiger partial charge in [0.25, 0.3) is 0 Å². The van der Waals surface area contributed by atoms with E-state index in [2.05, 4.69) is 41.3 Å². The molecule has 0 amide bonds. The number of hydrogen-bond acceptors (Lipinski definition) is 4. The third-order valence-electron chi connectivity index (χ3n) is 4.65. The van der Waals surface area contributed by atoms with E-state index in [0.29, 0.717) is 24.4 Å². The molecule has 6 nitrogen and oxygen atoms in total. The third kappa shape index (κ3) is 5.53. The van der Waals surface area contributed by atoms with Crippen molar-refractivity contribution in [2.75, 3.05) is 26.7 Å². The van der Waals surface area contributed by atoms with Crippen molar-refractivity contribution in [3.63, 3.8) is 0 Å². The molecular weight excluding hydrogens is 316 g/mol. The smallest absolute Gasteiger partial charge is 0.191 e. The second-order valence-corrected chi connectivity index (χ2v) is 6.71.